The summed E-state index contributed by atoms with van der Waals surface area (Å²) in [7, 11) is 14.5. The molecule has 0 aliphatic heterocycles. The Morgan fingerprint density at radius 1 is 0.289 bits per heavy atom. The summed E-state index contributed by atoms with van der Waals surface area (Å²) in [6.07, 6.45) is 0. The second-order valence-corrected chi connectivity index (χ2v) is 35.9. The van der Waals surface area contributed by atoms with Gasteiger partial charge in [0.1, 0.15) is 0 Å². The zero-order valence-corrected chi connectivity index (χ0v) is 31.1. The maximum Gasteiger partial charge on any atom is 0.171 e. The molecule has 0 N–H and O–H groups in total. The summed E-state index contributed by atoms with van der Waals surface area (Å²) >= 11 is -3.13. The van der Waals surface area contributed by atoms with Crippen LogP contribution in [0, 0.1) is 0 Å². The molecule has 230 valence electrons. The van der Waals surface area contributed by atoms with Gasteiger partial charge in [-0.15, -0.1) is 0 Å². The van der Waals surface area contributed by atoms with Gasteiger partial charge < -0.3 is 9.13 Å². The monoisotopic (exact) mass is 826 g/mol. The van der Waals surface area contributed by atoms with Crippen LogP contribution >= 0.6 is 50.1 Å². The van der Waals surface area contributed by atoms with Crippen LogP contribution in [0.15, 0.2) is 182 Å². The molecule has 45 heavy (non-hydrogen) atoms. The normalized spacial score (nSPS) is 11.6. The van der Waals surface area contributed by atoms with E-state index in [2.05, 4.69) is 0 Å². The average molecular weight is 826 g/mol. The average Bonchev–Trinajstić information content (AvgIpc) is 3.09. The Balaban J connectivity index is 0.000000179. The Morgan fingerprint density at radius 2 is 0.400 bits per heavy atom. The van der Waals surface area contributed by atoms with Gasteiger partial charge in [-0.3, -0.25) is 0 Å². The summed E-state index contributed by atoms with van der Waals surface area (Å²) in [5.41, 5.74) is 0. The molecule has 0 aromatic heterocycles. The molecule has 6 aromatic rings. The van der Waals surface area contributed by atoms with Crippen molar-refractivity contribution in [2.45, 2.75) is 0 Å². The van der Waals surface area contributed by atoms with E-state index in [0.717, 1.165) is 31.8 Å². The van der Waals surface area contributed by atoms with Crippen LogP contribution in [0.2, 0.25) is 0 Å². The van der Waals surface area contributed by atoms with E-state index >= 15 is 0 Å². The van der Waals surface area contributed by atoms with Gasteiger partial charge in [-0.1, -0.05) is 182 Å². The standard InChI is InChI=1S/2C18H15OP.Cl4Te/c2*19-20(16-10-4-1-5-11-16,17-12-6-2-7-13-17)18-14-8-3-9-15-18;1-5(2,3)4/h2*1-15H;. The second-order valence-electron chi connectivity index (χ2n) is 9.58. The van der Waals surface area contributed by atoms with Crippen LogP contribution in [0.25, 0.3) is 0 Å². The Kier molecular flexibility index (Phi) is 13.5. The first kappa shape index (κ1) is 35.6. The van der Waals surface area contributed by atoms with Gasteiger partial charge in [-0.25, -0.2) is 0 Å². The molecule has 0 aliphatic carbocycles. The van der Waals surface area contributed by atoms with Gasteiger partial charge >= 0.3 is 49.6 Å². The van der Waals surface area contributed by atoms with E-state index in [1.807, 2.05) is 182 Å². The smallest absolute Gasteiger partial charge is 0.171 e. The van der Waals surface area contributed by atoms with Gasteiger partial charge in [0.15, 0.2) is 14.3 Å². The molecular formula is C36H30Cl4O2P2Te. The fourth-order valence-corrected chi connectivity index (χ4v) is 10.1. The number of halogens is 4. The third kappa shape index (κ3) is 9.86. The predicted molar refractivity (Wildman–Crippen MR) is 201 cm³/mol. The van der Waals surface area contributed by atoms with Crippen molar-refractivity contribution < 1.29 is 9.13 Å². The molecule has 0 atom stereocenters. The predicted octanol–water partition coefficient (Wildman–Crippen LogP) is 9.03. The molecule has 0 fully saturated rings. The van der Waals surface area contributed by atoms with Crippen LogP contribution < -0.4 is 31.8 Å². The van der Waals surface area contributed by atoms with Gasteiger partial charge in [0, 0.05) is 31.8 Å². The zero-order chi connectivity index (χ0) is 32.2. The van der Waals surface area contributed by atoms with E-state index < -0.39 is 28.0 Å². The Bertz CT molecular complexity index is 1480. The van der Waals surface area contributed by atoms with E-state index in [1.54, 1.807) is 0 Å². The van der Waals surface area contributed by atoms with Gasteiger partial charge in [0.05, 0.1) is 0 Å². The first-order valence-corrected chi connectivity index (χ1v) is 29.0. The topological polar surface area (TPSA) is 34.1 Å². The molecule has 9 heteroatoms. The van der Waals surface area contributed by atoms with Gasteiger partial charge in [0.25, 0.3) is 0 Å². The van der Waals surface area contributed by atoms with Gasteiger partial charge in [-0.05, 0) is 0 Å². The van der Waals surface area contributed by atoms with Crippen molar-refractivity contribution in [2.24, 2.45) is 0 Å². The van der Waals surface area contributed by atoms with Gasteiger partial charge in [0.2, 0.25) is 0 Å². The second kappa shape index (κ2) is 17.0. The van der Waals surface area contributed by atoms with Crippen molar-refractivity contribution in [1.29, 1.82) is 0 Å². The molecule has 6 aromatic carbocycles. The minimum Gasteiger partial charge on any atom is -0.309 e. The third-order valence-electron chi connectivity index (χ3n) is 6.72. The Hall–Kier alpha value is -2.27. The molecule has 0 bridgehead atoms. The van der Waals surface area contributed by atoms with Crippen LogP contribution in [0.4, 0.5) is 0 Å². The first-order valence-electron chi connectivity index (χ1n) is 13.8. The molecule has 0 amide bonds. The summed E-state index contributed by atoms with van der Waals surface area (Å²) in [4.78, 5) is 0. The van der Waals surface area contributed by atoms with Crippen molar-refractivity contribution in [1.82, 2.24) is 0 Å². The fourth-order valence-electron chi connectivity index (χ4n) is 4.72. The molecule has 0 saturated heterocycles. The number of rotatable bonds is 6. The first-order chi connectivity index (χ1) is 21.6. The summed E-state index contributed by atoms with van der Waals surface area (Å²) in [6.45, 7) is 0. The van der Waals surface area contributed by atoms with E-state index in [9.17, 15) is 9.13 Å². The number of hydrogen-bond donors (Lipinski definition) is 0. The van der Waals surface area contributed by atoms with Crippen LogP contribution in [0.5, 0.6) is 0 Å². The van der Waals surface area contributed by atoms with E-state index in [1.165, 1.54) is 0 Å². The summed E-state index contributed by atoms with van der Waals surface area (Å²) in [5, 5.41) is 5.24. The maximum absolute atomic E-state index is 13.8. The van der Waals surface area contributed by atoms with Crippen molar-refractivity contribution in [3.05, 3.63) is 182 Å². The van der Waals surface area contributed by atoms with Crippen molar-refractivity contribution in [3.63, 3.8) is 0 Å². The SMILES string of the molecule is Cl[Te](Cl)(Cl)Cl.O=P(c1ccccc1)(c1ccccc1)c1ccccc1.O=P(c1ccccc1)(c1ccccc1)c1ccccc1. The van der Waals surface area contributed by atoms with Crippen molar-refractivity contribution in [2.75, 3.05) is 0 Å². The third-order valence-corrected chi connectivity index (χ3v) is 12.9. The van der Waals surface area contributed by atoms with Gasteiger partial charge in [-0.2, -0.15) is 0 Å². The van der Waals surface area contributed by atoms with Crippen molar-refractivity contribution in [3.8, 4) is 0 Å². The summed E-state index contributed by atoms with van der Waals surface area (Å²) in [5.74, 6) is 0. The fraction of sp³-hybridized carbons (Fsp3) is 0. The Morgan fingerprint density at radius 3 is 0.511 bits per heavy atom. The molecular weight excluding hydrogens is 796 g/mol. The molecule has 6 rings (SSSR count). The summed E-state index contributed by atoms with van der Waals surface area (Å²) in [6, 6.07) is 58.3. The molecule has 2 nitrogen and oxygen atoms in total. The minimum absolute atomic E-state index is 0.873. The molecule has 0 unspecified atom stereocenters. The molecule has 0 spiro atoms. The van der Waals surface area contributed by atoms with E-state index in [4.69, 9.17) is 35.9 Å². The largest absolute Gasteiger partial charge is 0.309 e. The quantitative estimate of drug-likeness (QED) is 0.124. The summed E-state index contributed by atoms with van der Waals surface area (Å²) < 4.78 is 27.6. The van der Waals surface area contributed by atoms with E-state index in [-0.39, 0.29) is 0 Å². The van der Waals surface area contributed by atoms with Crippen LogP contribution in [0.1, 0.15) is 0 Å². The molecule has 0 radical (unpaired) electrons. The molecule has 0 heterocycles. The van der Waals surface area contributed by atoms with Crippen LogP contribution in [0.3, 0.4) is 0 Å². The minimum atomic E-state index is -3.13. The van der Waals surface area contributed by atoms with Crippen LogP contribution in [-0.2, 0) is 9.13 Å². The molecule has 0 saturated carbocycles. The van der Waals surface area contributed by atoms with E-state index in [0.29, 0.717) is 0 Å². The van der Waals surface area contributed by atoms with Crippen LogP contribution in [-0.4, -0.2) is 13.7 Å². The Labute approximate surface area is 284 Å². The maximum atomic E-state index is 13.8. The van der Waals surface area contributed by atoms with Crippen molar-refractivity contribution >= 4 is 95.7 Å². The molecule has 0 aliphatic rings. The number of hydrogen-bond acceptors (Lipinski definition) is 2. The zero-order valence-electron chi connectivity index (χ0n) is 24.0. The number of benzene rings is 6.